The fourth-order valence-corrected chi connectivity index (χ4v) is 2.23. The normalized spacial score (nSPS) is 12.7. The van der Waals surface area contributed by atoms with Gasteiger partial charge in [-0.15, -0.1) is 0 Å². The molecule has 0 saturated heterocycles. The zero-order chi connectivity index (χ0) is 13.5. The first-order valence-corrected chi connectivity index (χ1v) is 6.84. The summed E-state index contributed by atoms with van der Waals surface area (Å²) in [6.45, 7) is 4.31. The molecule has 0 amide bonds. The predicted molar refractivity (Wildman–Crippen MR) is 75.0 cm³/mol. The summed E-state index contributed by atoms with van der Waals surface area (Å²) in [6.07, 6.45) is 3.28. The largest absolute Gasteiger partial charge is 0.481 e. The fourth-order valence-electron chi connectivity index (χ4n) is 2.01. The van der Waals surface area contributed by atoms with Gasteiger partial charge in [0.25, 0.3) is 0 Å². The van der Waals surface area contributed by atoms with Crippen molar-refractivity contribution in [2.75, 3.05) is 0 Å². The molecule has 1 atom stereocenters. The van der Waals surface area contributed by atoms with Crippen LogP contribution in [-0.4, -0.2) is 11.1 Å². The van der Waals surface area contributed by atoms with E-state index in [1.807, 2.05) is 24.3 Å². The summed E-state index contributed by atoms with van der Waals surface area (Å²) in [7, 11) is 0. The van der Waals surface area contributed by atoms with Crippen molar-refractivity contribution >= 4 is 17.6 Å². The number of rotatable bonds is 7. The maximum Gasteiger partial charge on any atom is 0.306 e. The number of benzene rings is 1. The highest BCUT2D eigenvalue weighted by molar-refractivity contribution is 6.31. The Morgan fingerprint density at radius 3 is 2.50 bits per heavy atom. The van der Waals surface area contributed by atoms with Gasteiger partial charge in [0.1, 0.15) is 0 Å². The molecule has 1 aromatic carbocycles. The topological polar surface area (TPSA) is 37.3 Å². The van der Waals surface area contributed by atoms with Crippen LogP contribution in [0.15, 0.2) is 24.3 Å². The molecule has 0 heterocycles. The van der Waals surface area contributed by atoms with E-state index in [1.54, 1.807) is 0 Å². The van der Waals surface area contributed by atoms with Crippen molar-refractivity contribution in [2.45, 2.75) is 39.5 Å². The Bertz CT molecular complexity index is 388. The van der Waals surface area contributed by atoms with E-state index >= 15 is 0 Å². The van der Waals surface area contributed by atoms with Crippen molar-refractivity contribution in [1.29, 1.82) is 0 Å². The van der Waals surface area contributed by atoms with Gasteiger partial charge in [0.15, 0.2) is 0 Å². The Morgan fingerprint density at radius 1 is 1.28 bits per heavy atom. The highest BCUT2D eigenvalue weighted by atomic mass is 35.5. The summed E-state index contributed by atoms with van der Waals surface area (Å²) in [5.41, 5.74) is 0.927. The Morgan fingerprint density at radius 2 is 1.94 bits per heavy atom. The molecule has 0 spiro atoms. The first-order valence-electron chi connectivity index (χ1n) is 6.47. The summed E-state index contributed by atoms with van der Waals surface area (Å²) >= 11 is 6.06. The van der Waals surface area contributed by atoms with Crippen LogP contribution in [0.4, 0.5) is 0 Å². The standard InChI is InChI=1S/C15H21ClO2/c1-11(2)6-5-8-13(15(17)18)10-12-7-3-4-9-14(12)16/h3-4,7,9,11,13H,5-6,8,10H2,1-2H3,(H,17,18). The Hall–Kier alpha value is -1.02. The summed E-state index contributed by atoms with van der Waals surface area (Å²) in [6, 6.07) is 7.47. The molecule has 1 unspecified atom stereocenters. The highest BCUT2D eigenvalue weighted by Crippen LogP contribution is 2.22. The molecule has 1 N–H and O–H groups in total. The second-order valence-electron chi connectivity index (χ2n) is 5.16. The van der Waals surface area contributed by atoms with Gasteiger partial charge in [0.2, 0.25) is 0 Å². The fraction of sp³-hybridized carbons (Fsp3) is 0.533. The molecular weight excluding hydrogens is 248 g/mol. The molecule has 0 aliphatic rings. The van der Waals surface area contributed by atoms with Crippen LogP contribution in [0.2, 0.25) is 5.02 Å². The molecule has 18 heavy (non-hydrogen) atoms. The molecule has 0 saturated carbocycles. The third-order valence-electron chi connectivity index (χ3n) is 3.11. The third kappa shape index (κ3) is 5.09. The van der Waals surface area contributed by atoms with Crippen molar-refractivity contribution < 1.29 is 9.90 Å². The number of hydrogen-bond donors (Lipinski definition) is 1. The smallest absolute Gasteiger partial charge is 0.306 e. The van der Waals surface area contributed by atoms with Gasteiger partial charge in [-0.1, -0.05) is 56.5 Å². The lowest BCUT2D eigenvalue weighted by molar-refractivity contribution is -0.142. The van der Waals surface area contributed by atoms with E-state index in [4.69, 9.17) is 11.6 Å². The lowest BCUT2D eigenvalue weighted by atomic mass is 9.92. The van der Waals surface area contributed by atoms with Crippen molar-refractivity contribution in [3.8, 4) is 0 Å². The minimum atomic E-state index is -0.723. The number of aliphatic carboxylic acids is 1. The van der Waals surface area contributed by atoms with E-state index in [0.717, 1.165) is 24.8 Å². The van der Waals surface area contributed by atoms with Crippen molar-refractivity contribution in [2.24, 2.45) is 11.8 Å². The quantitative estimate of drug-likeness (QED) is 0.795. The van der Waals surface area contributed by atoms with Crippen LogP contribution >= 0.6 is 11.6 Å². The van der Waals surface area contributed by atoms with Gasteiger partial charge in [-0.05, 0) is 30.4 Å². The summed E-state index contributed by atoms with van der Waals surface area (Å²) in [5.74, 6) is -0.429. The van der Waals surface area contributed by atoms with E-state index in [9.17, 15) is 9.90 Å². The van der Waals surface area contributed by atoms with Gasteiger partial charge in [0, 0.05) is 5.02 Å². The monoisotopic (exact) mass is 268 g/mol. The predicted octanol–water partition coefficient (Wildman–Crippen LogP) is 4.41. The lowest BCUT2D eigenvalue weighted by Crippen LogP contribution is -2.17. The average Bonchev–Trinajstić information content (AvgIpc) is 2.29. The van der Waals surface area contributed by atoms with Gasteiger partial charge >= 0.3 is 5.97 Å². The molecule has 0 aliphatic heterocycles. The SMILES string of the molecule is CC(C)CCCC(Cc1ccccc1Cl)C(=O)O. The number of carboxylic acids is 1. The van der Waals surface area contributed by atoms with Crippen LogP contribution in [0, 0.1) is 11.8 Å². The molecule has 0 radical (unpaired) electrons. The minimum absolute atomic E-state index is 0.330. The molecule has 1 rings (SSSR count). The van der Waals surface area contributed by atoms with Crippen LogP contribution in [0.1, 0.15) is 38.7 Å². The second-order valence-corrected chi connectivity index (χ2v) is 5.56. The number of carboxylic acid groups (broad SMARTS) is 1. The van der Waals surface area contributed by atoms with E-state index < -0.39 is 5.97 Å². The van der Waals surface area contributed by atoms with Crippen LogP contribution in [0.5, 0.6) is 0 Å². The van der Waals surface area contributed by atoms with Crippen LogP contribution < -0.4 is 0 Å². The Labute approximate surface area is 114 Å². The van der Waals surface area contributed by atoms with Crippen LogP contribution in [0.25, 0.3) is 0 Å². The van der Waals surface area contributed by atoms with Gasteiger partial charge < -0.3 is 5.11 Å². The van der Waals surface area contributed by atoms with Gasteiger partial charge in [-0.25, -0.2) is 0 Å². The maximum atomic E-state index is 11.2. The minimum Gasteiger partial charge on any atom is -0.481 e. The van der Waals surface area contributed by atoms with Gasteiger partial charge in [0.05, 0.1) is 5.92 Å². The zero-order valence-electron chi connectivity index (χ0n) is 11.0. The molecule has 100 valence electrons. The lowest BCUT2D eigenvalue weighted by Gasteiger charge is -2.14. The average molecular weight is 269 g/mol. The Kier molecular flexibility index (Phi) is 6.20. The molecule has 2 nitrogen and oxygen atoms in total. The molecule has 0 aromatic heterocycles. The van der Waals surface area contributed by atoms with E-state index in [-0.39, 0.29) is 5.92 Å². The zero-order valence-corrected chi connectivity index (χ0v) is 11.8. The highest BCUT2D eigenvalue weighted by Gasteiger charge is 2.18. The summed E-state index contributed by atoms with van der Waals surface area (Å²) < 4.78 is 0. The molecule has 0 fully saturated rings. The molecule has 0 aliphatic carbocycles. The Balaban J connectivity index is 2.58. The van der Waals surface area contributed by atoms with Crippen molar-refractivity contribution in [3.63, 3.8) is 0 Å². The number of halogens is 1. The second kappa shape index (κ2) is 7.42. The first kappa shape index (κ1) is 15.0. The van der Waals surface area contributed by atoms with E-state index in [0.29, 0.717) is 17.4 Å². The molecule has 3 heteroatoms. The molecule has 0 bridgehead atoms. The maximum absolute atomic E-state index is 11.2. The van der Waals surface area contributed by atoms with Gasteiger partial charge in [-0.2, -0.15) is 0 Å². The third-order valence-corrected chi connectivity index (χ3v) is 3.48. The first-order chi connectivity index (χ1) is 8.50. The number of hydrogen-bond acceptors (Lipinski definition) is 1. The summed E-state index contributed by atoms with van der Waals surface area (Å²) in [5, 5.41) is 9.91. The van der Waals surface area contributed by atoms with E-state index in [2.05, 4.69) is 13.8 Å². The van der Waals surface area contributed by atoms with Gasteiger partial charge in [-0.3, -0.25) is 4.79 Å². The molecule has 1 aromatic rings. The van der Waals surface area contributed by atoms with Crippen molar-refractivity contribution in [1.82, 2.24) is 0 Å². The van der Waals surface area contributed by atoms with Crippen molar-refractivity contribution in [3.05, 3.63) is 34.9 Å². The summed E-state index contributed by atoms with van der Waals surface area (Å²) in [4.78, 5) is 11.2. The van der Waals surface area contributed by atoms with Crippen LogP contribution in [-0.2, 0) is 11.2 Å². The van der Waals surface area contributed by atoms with Crippen LogP contribution in [0.3, 0.4) is 0 Å². The van der Waals surface area contributed by atoms with E-state index in [1.165, 1.54) is 0 Å². The molecular formula is C15H21ClO2. The number of carbonyl (C=O) groups is 1.